The molecule has 2 atom stereocenters. The van der Waals surface area contributed by atoms with Gasteiger partial charge in [0.15, 0.2) is 11.5 Å². The van der Waals surface area contributed by atoms with E-state index in [4.69, 9.17) is 4.74 Å². The molecule has 1 aromatic rings. The van der Waals surface area contributed by atoms with Crippen molar-refractivity contribution in [1.29, 1.82) is 5.26 Å². The van der Waals surface area contributed by atoms with Crippen LogP contribution in [0, 0.1) is 17.2 Å². The van der Waals surface area contributed by atoms with Crippen molar-refractivity contribution in [3.05, 3.63) is 41.5 Å². The molecule has 0 heterocycles. The summed E-state index contributed by atoms with van der Waals surface area (Å²) in [5.74, 6) is 0.460. The first-order valence-electron chi connectivity index (χ1n) is 9.52. The first-order chi connectivity index (χ1) is 13.0. The minimum absolute atomic E-state index is 0.0467. The highest BCUT2D eigenvalue weighted by Crippen LogP contribution is 2.33. The van der Waals surface area contributed by atoms with Gasteiger partial charge in [-0.1, -0.05) is 25.8 Å². The molecule has 1 aliphatic carbocycles. The number of ether oxygens (including phenoxy) is 1. The summed E-state index contributed by atoms with van der Waals surface area (Å²) in [7, 11) is 0. The highest BCUT2D eigenvalue weighted by atomic mass is 16.5. The van der Waals surface area contributed by atoms with Crippen LogP contribution in [-0.4, -0.2) is 23.7 Å². The molecule has 1 aromatic carbocycles. The molecule has 2 rings (SSSR count). The van der Waals surface area contributed by atoms with E-state index in [1.165, 1.54) is 12.5 Å². The van der Waals surface area contributed by atoms with Crippen LogP contribution in [0.1, 0.15) is 50.7 Å². The van der Waals surface area contributed by atoms with Crippen LogP contribution >= 0.6 is 0 Å². The molecule has 144 valence electrons. The normalized spacial score (nSPS) is 19.8. The van der Waals surface area contributed by atoms with Crippen molar-refractivity contribution in [2.75, 3.05) is 6.61 Å². The van der Waals surface area contributed by atoms with Crippen molar-refractivity contribution < 1.29 is 14.6 Å². The summed E-state index contributed by atoms with van der Waals surface area (Å²) in [5.41, 5.74) is 1.32. The molecule has 0 saturated heterocycles. The summed E-state index contributed by atoms with van der Waals surface area (Å²) in [4.78, 5) is 12.6. The van der Waals surface area contributed by atoms with Gasteiger partial charge >= 0.3 is 0 Å². The van der Waals surface area contributed by atoms with Crippen LogP contribution in [-0.2, 0) is 11.2 Å². The Labute approximate surface area is 161 Å². The number of phenols is 1. The Morgan fingerprint density at radius 1 is 1.44 bits per heavy atom. The molecule has 0 radical (unpaired) electrons. The van der Waals surface area contributed by atoms with E-state index in [0.717, 1.165) is 19.3 Å². The molecule has 5 nitrogen and oxygen atoms in total. The maximum atomic E-state index is 12.6. The van der Waals surface area contributed by atoms with Crippen LogP contribution in [0.4, 0.5) is 0 Å². The van der Waals surface area contributed by atoms with E-state index in [1.54, 1.807) is 18.2 Å². The first-order valence-corrected chi connectivity index (χ1v) is 9.52. The standard InChI is InChI=1S/C22H28N2O3/c1-4-8-17-11-16(13-20(21(17)25)27-5-2)12-18(14-23)22(26)24-19-10-7-6-9-15(19)3/h4,11-13,15,19,25H,1,5-10H2,2-3H3,(H,24,26)/b18-12+/t15-,19-/m0/s1. The number of benzene rings is 1. The zero-order chi connectivity index (χ0) is 19.8. The summed E-state index contributed by atoms with van der Waals surface area (Å²) < 4.78 is 5.48. The van der Waals surface area contributed by atoms with Gasteiger partial charge in [0, 0.05) is 11.6 Å². The van der Waals surface area contributed by atoms with Crippen LogP contribution < -0.4 is 10.1 Å². The van der Waals surface area contributed by atoms with Gasteiger partial charge in [-0.25, -0.2) is 0 Å². The van der Waals surface area contributed by atoms with Gasteiger partial charge in [-0.2, -0.15) is 5.26 Å². The second-order valence-electron chi connectivity index (χ2n) is 6.96. The van der Waals surface area contributed by atoms with Crippen molar-refractivity contribution in [3.63, 3.8) is 0 Å². The number of phenolic OH excluding ortho intramolecular Hbond substituents is 1. The van der Waals surface area contributed by atoms with Gasteiger partial charge in [-0.05, 0) is 55.9 Å². The Balaban J connectivity index is 2.28. The number of allylic oxidation sites excluding steroid dienone is 1. The van der Waals surface area contributed by atoms with E-state index in [1.807, 2.05) is 13.0 Å². The van der Waals surface area contributed by atoms with Crippen LogP contribution in [0.25, 0.3) is 6.08 Å². The number of nitrogens with one attached hydrogen (secondary N) is 1. The summed E-state index contributed by atoms with van der Waals surface area (Å²) in [6, 6.07) is 5.49. The van der Waals surface area contributed by atoms with E-state index in [2.05, 4.69) is 18.8 Å². The Morgan fingerprint density at radius 2 is 2.19 bits per heavy atom. The average Bonchev–Trinajstić information content (AvgIpc) is 2.65. The Morgan fingerprint density at radius 3 is 2.81 bits per heavy atom. The molecule has 2 N–H and O–H groups in total. The van der Waals surface area contributed by atoms with Crippen LogP contribution in [0.3, 0.4) is 0 Å². The van der Waals surface area contributed by atoms with Gasteiger partial charge in [-0.3, -0.25) is 4.79 Å². The predicted octanol–water partition coefficient (Wildman–Crippen LogP) is 4.12. The smallest absolute Gasteiger partial charge is 0.262 e. The van der Waals surface area contributed by atoms with Crippen molar-refractivity contribution >= 4 is 12.0 Å². The topological polar surface area (TPSA) is 82.4 Å². The van der Waals surface area contributed by atoms with Crippen molar-refractivity contribution in [1.82, 2.24) is 5.32 Å². The monoisotopic (exact) mass is 368 g/mol. The fourth-order valence-electron chi connectivity index (χ4n) is 3.44. The van der Waals surface area contributed by atoms with Gasteiger partial charge in [0.05, 0.1) is 6.61 Å². The number of carbonyl (C=O) groups is 1. The van der Waals surface area contributed by atoms with Crippen LogP contribution in [0.15, 0.2) is 30.4 Å². The number of aromatic hydroxyl groups is 1. The van der Waals surface area contributed by atoms with E-state index < -0.39 is 0 Å². The molecule has 1 fully saturated rings. The molecule has 0 aliphatic heterocycles. The predicted molar refractivity (Wildman–Crippen MR) is 106 cm³/mol. The molecule has 1 saturated carbocycles. The van der Waals surface area contributed by atoms with E-state index in [9.17, 15) is 15.2 Å². The number of amides is 1. The van der Waals surface area contributed by atoms with Crippen LogP contribution in [0.5, 0.6) is 11.5 Å². The third kappa shape index (κ3) is 5.37. The summed E-state index contributed by atoms with van der Waals surface area (Å²) in [6.45, 7) is 8.06. The van der Waals surface area contributed by atoms with Crippen LogP contribution in [0.2, 0.25) is 0 Å². The number of nitriles is 1. The largest absolute Gasteiger partial charge is 0.504 e. The fraction of sp³-hybridized carbons (Fsp3) is 0.455. The van der Waals surface area contributed by atoms with E-state index in [-0.39, 0.29) is 23.3 Å². The number of rotatable bonds is 7. The average molecular weight is 368 g/mol. The number of hydrogen-bond donors (Lipinski definition) is 2. The molecule has 1 amide bonds. The third-order valence-corrected chi connectivity index (χ3v) is 4.94. The minimum atomic E-state index is -0.354. The van der Waals surface area contributed by atoms with Crippen molar-refractivity contribution in [3.8, 4) is 17.6 Å². The van der Waals surface area contributed by atoms with Crippen molar-refractivity contribution in [2.24, 2.45) is 5.92 Å². The lowest BCUT2D eigenvalue weighted by Gasteiger charge is -2.29. The lowest BCUT2D eigenvalue weighted by molar-refractivity contribution is -0.118. The molecule has 0 bridgehead atoms. The maximum absolute atomic E-state index is 12.6. The second kappa shape index (κ2) is 9.82. The molecular weight excluding hydrogens is 340 g/mol. The first kappa shape index (κ1) is 20.6. The summed E-state index contributed by atoms with van der Waals surface area (Å²) in [5, 5.41) is 22.8. The molecule has 0 spiro atoms. The lowest BCUT2D eigenvalue weighted by Crippen LogP contribution is -2.41. The van der Waals surface area contributed by atoms with Gasteiger partial charge in [0.1, 0.15) is 11.6 Å². The molecule has 5 heteroatoms. The summed E-state index contributed by atoms with van der Waals surface area (Å²) >= 11 is 0. The van der Waals surface area contributed by atoms with Gasteiger partial charge in [-0.15, -0.1) is 6.58 Å². The molecular formula is C22H28N2O3. The second-order valence-corrected chi connectivity index (χ2v) is 6.96. The fourth-order valence-corrected chi connectivity index (χ4v) is 3.44. The number of nitrogens with zero attached hydrogens (tertiary/aromatic N) is 1. The number of hydrogen-bond acceptors (Lipinski definition) is 4. The molecule has 1 aliphatic rings. The van der Waals surface area contributed by atoms with Gasteiger partial charge in [0.2, 0.25) is 0 Å². The Kier molecular flexibility index (Phi) is 7.48. The zero-order valence-electron chi connectivity index (χ0n) is 16.1. The SMILES string of the molecule is C=CCc1cc(/C=C(\C#N)C(=O)N[C@H]2CCCC[C@@H]2C)cc(OCC)c1O. The van der Waals surface area contributed by atoms with E-state index >= 15 is 0 Å². The zero-order valence-corrected chi connectivity index (χ0v) is 16.1. The highest BCUT2D eigenvalue weighted by Gasteiger charge is 2.24. The quantitative estimate of drug-likeness (QED) is 0.431. The van der Waals surface area contributed by atoms with Crippen molar-refractivity contribution in [2.45, 2.75) is 52.0 Å². The number of carbonyl (C=O) groups excluding carboxylic acids is 1. The summed E-state index contributed by atoms with van der Waals surface area (Å²) in [6.07, 6.45) is 8.01. The highest BCUT2D eigenvalue weighted by molar-refractivity contribution is 6.01. The van der Waals surface area contributed by atoms with Gasteiger partial charge in [0.25, 0.3) is 5.91 Å². The third-order valence-electron chi connectivity index (χ3n) is 4.94. The minimum Gasteiger partial charge on any atom is -0.504 e. The van der Waals surface area contributed by atoms with E-state index in [0.29, 0.717) is 35.8 Å². The molecule has 0 unspecified atom stereocenters. The lowest BCUT2D eigenvalue weighted by atomic mass is 9.86. The molecule has 27 heavy (non-hydrogen) atoms. The molecule has 0 aromatic heterocycles. The Bertz CT molecular complexity index is 762. The Hall–Kier alpha value is -2.74. The maximum Gasteiger partial charge on any atom is 0.262 e. The van der Waals surface area contributed by atoms with Gasteiger partial charge < -0.3 is 15.2 Å².